The van der Waals surface area contributed by atoms with E-state index in [0.29, 0.717) is 28.5 Å². The number of hydrogen-bond donors (Lipinski definition) is 1. The Labute approximate surface area is 156 Å². The zero-order chi connectivity index (χ0) is 19.4. The Balaban J connectivity index is 1.70. The van der Waals surface area contributed by atoms with Crippen molar-refractivity contribution in [3.8, 4) is 5.82 Å². The van der Waals surface area contributed by atoms with Crippen LogP contribution >= 0.6 is 0 Å². The highest BCUT2D eigenvalue weighted by atomic mass is 19.2. The molecule has 0 radical (unpaired) electrons. The van der Waals surface area contributed by atoms with Crippen molar-refractivity contribution < 1.29 is 13.6 Å². The van der Waals surface area contributed by atoms with Crippen LogP contribution in [-0.2, 0) is 4.79 Å². The number of anilines is 1. The molecule has 0 saturated carbocycles. The minimum Gasteiger partial charge on any atom is -0.310 e. The molecule has 1 aliphatic rings. The third-order valence-corrected chi connectivity index (χ3v) is 4.82. The molecular weight excluding hydrogens is 368 g/mol. The second-order valence-electron chi connectivity index (χ2n) is 6.53. The van der Waals surface area contributed by atoms with Crippen LogP contribution in [0, 0.1) is 18.6 Å². The first-order valence-corrected chi connectivity index (χ1v) is 8.53. The van der Waals surface area contributed by atoms with E-state index in [1.807, 2.05) is 0 Å². The van der Waals surface area contributed by atoms with Crippen molar-refractivity contribution in [1.29, 1.82) is 0 Å². The SMILES string of the molecule is Cc1nn(-c2ccc3nncn3n2)c2c1[C@@H](c1cccc(F)c1F)CC(=O)N2. The van der Waals surface area contributed by atoms with Crippen molar-refractivity contribution in [1.82, 2.24) is 29.6 Å². The Morgan fingerprint density at radius 3 is 2.89 bits per heavy atom. The number of carbonyl (C=O) groups is 1. The Hall–Kier alpha value is -3.69. The van der Waals surface area contributed by atoms with Crippen LogP contribution in [-0.4, -0.2) is 35.5 Å². The number of halogens is 2. The predicted octanol–water partition coefficient (Wildman–Crippen LogP) is 2.37. The van der Waals surface area contributed by atoms with Gasteiger partial charge in [0.2, 0.25) is 5.91 Å². The molecule has 4 heterocycles. The van der Waals surface area contributed by atoms with E-state index in [-0.39, 0.29) is 17.9 Å². The van der Waals surface area contributed by atoms with E-state index < -0.39 is 17.6 Å². The maximum absolute atomic E-state index is 14.4. The lowest BCUT2D eigenvalue weighted by molar-refractivity contribution is -0.116. The molecule has 0 saturated heterocycles. The average molecular weight is 381 g/mol. The molecular formula is C18H13F2N7O. The minimum atomic E-state index is -0.954. The summed E-state index contributed by atoms with van der Waals surface area (Å²) in [5, 5.41) is 19.3. The largest absolute Gasteiger partial charge is 0.310 e. The van der Waals surface area contributed by atoms with Crippen LogP contribution in [0.25, 0.3) is 11.5 Å². The number of amides is 1. The van der Waals surface area contributed by atoms with Crippen molar-refractivity contribution in [3.05, 3.63) is 65.1 Å². The number of carbonyl (C=O) groups excluding carboxylic acids is 1. The van der Waals surface area contributed by atoms with Crippen LogP contribution < -0.4 is 5.32 Å². The van der Waals surface area contributed by atoms with Crippen molar-refractivity contribution >= 4 is 17.4 Å². The molecule has 0 unspecified atom stereocenters. The normalized spacial score (nSPS) is 16.2. The van der Waals surface area contributed by atoms with Crippen LogP contribution in [0.3, 0.4) is 0 Å². The van der Waals surface area contributed by atoms with Crippen LogP contribution in [0.2, 0.25) is 0 Å². The molecule has 0 fully saturated rings. The molecule has 8 nitrogen and oxygen atoms in total. The first-order valence-electron chi connectivity index (χ1n) is 8.53. The molecule has 10 heteroatoms. The van der Waals surface area contributed by atoms with E-state index >= 15 is 0 Å². The fourth-order valence-electron chi connectivity index (χ4n) is 3.60. The number of benzene rings is 1. The van der Waals surface area contributed by atoms with Gasteiger partial charge in [-0.25, -0.2) is 8.78 Å². The number of rotatable bonds is 2. The molecule has 3 aromatic heterocycles. The smallest absolute Gasteiger partial charge is 0.226 e. The molecule has 5 rings (SSSR count). The minimum absolute atomic E-state index is 0.00217. The van der Waals surface area contributed by atoms with E-state index in [4.69, 9.17) is 0 Å². The molecule has 1 aromatic carbocycles. The standard InChI is InChI=1S/C18H13F2N7O/c1-9-16-11(10-3-2-4-12(19)17(10)20)7-15(28)22-18(16)27(24-9)14-6-5-13-23-21-8-26(13)25-14/h2-6,8,11H,7H2,1H3,(H,22,28)/t11-/m1/s1. The van der Waals surface area contributed by atoms with Gasteiger partial charge in [0.25, 0.3) is 0 Å². The number of fused-ring (bicyclic) bond motifs is 2. The molecule has 4 aromatic rings. The van der Waals surface area contributed by atoms with Gasteiger partial charge in [0.05, 0.1) is 5.69 Å². The number of aromatic nitrogens is 6. The lowest BCUT2D eigenvalue weighted by atomic mass is 9.85. The summed E-state index contributed by atoms with van der Waals surface area (Å²) in [6, 6.07) is 7.38. The predicted molar refractivity (Wildman–Crippen MR) is 94.1 cm³/mol. The topological polar surface area (TPSA) is 90.0 Å². The summed E-state index contributed by atoms with van der Waals surface area (Å²) in [7, 11) is 0. The fraction of sp³-hybridized carbons (Fsp3) is 0.167. The van der Waals surface area contributed by atoms with Crippen molar-refractivity contribution in [2.24, 2.45) is 0 Å². The maximum atomic E-state index is 14.4. The molecule has 1 amide bonds. The van der Waals surface area contributed by atoms with Crippen molar-refractivity contribution in [3.63, 3.8) is 0 Å². The molecule has 140 valence electrons. The zero-order valence-corrected chi connectivity index (χ0v) is 14.6. The molecule has 0 spiro atoms. The van der Waals surface area contributed by atoms with E-state index in [1.165, 1.54) is 27.7 Å². The van der Waals surface area contributed by atoms with E-state index in [9.17, 15) is 13.6 Å². The zero-order valence-electron chi connectivity index (χ0n) is 14.6. The van der Waals surface area contributed by atoms with Gasteiger partial charge in [-0.15, -0.1) is 15.3 Å². The van der Waals surface area contributed by atoms with E-state index in [1.54, 1.807) is 19.1 Å². The van der Waals surface area contributed by atoms with Crippen molar-refractivity contribution in [2.45, 2.75) is 19.3 Å². The highest BCUT2D eigenvalue weighted by molar-refractivity contribution is 5.95. The monoisotopic (exact) mass is 381 g/mol. The number of nitrogens with one attached hydrogen (secondary N) is 1. The first-order chi connectivity index (χ1) is 13.5. The summed E-state index contributed by atoms with van der Waals surface area (Å²) < 4.78 is 31.2. The van der Waals surface area contributed by atoms with Gasteiger partial charge in [0.1, 0.15) is 12.1 Å². The van der Waals surface area contributed by atoms with Crippen LogP contribution in [0.1, 0.15) is 29.2 Å². The fourth-order valence-corrected chi connectivity index (χ4v) is 3.60. The summed E-state index contributed by atoms with van der Waals surface area (Å²) >= 11 is 0. The average Bonchev–Trinajstić information content (AvgIpc) is 3.27. The van der Waals surface area contributed by atoms with Gasteiger partial charge in [-0.3, -0.25) is 4.79 Å². The lowest BCUT2D eigenvalue weighted by Gasteiger charge is -2.24. The Morgan fingerprint density at radius 1 is 1.18 bits per heavy atom. The Morgan fingerprint density at radius 2 is 2.04 bits per heavy atom. The summed E-state index contributed by atoms with van der Waals surface area (Å²) in [6.45, 7) is 1.76. The second kappa shape index (κ2) is 5.91. The van der Waals surface area contributed by atoms with Crippen LogP contribution in [0.5, 0.6) is 0 Å². The van der Waals surface area contributed by atoms with Gasteiger partial charge in [0.15, 0.2) is 23.1 Å². The second-order valence-corrected chi connectivity index (χ2v) is 6.53. The summed E-state index contributed by atoms with van der Waals surface area (Å²) in [5.41, 5.74) is 1.91. The summed E-state index contributed by atoms with van der Waals surface area (Å²) in [6.07, 6.45) is 1.45. The first kappa shape index (κ1) is 16.5. The quantitative estimate of drug-likeness (QED) is 0.576. The van der Waals surface area contributed by atoms with Gasteiger partial charge in [0, 0.05) is 17.9 Å². The van der Waals surface area contributed by atoms with Gasteiger partial charge < -0.3 is 5.32 Å². The maximum Gasteiger partial charge on any atom is 0.226 e. The number of aryl methyl sites for hydroxylation is 1. The Kier molecular flexibility index (Phi) is 3.48. The molecule has 1 aliphatic heterocycles. The van der Waals surface area contributed by atoms with E-state index in [2.05, 4.69) is 25.7 Å². The molecule has 0 aliphatic carbocycles. The number of nitrogens with zero attached hydrogens (tertiary/aromatic N) is 6. The summed E-state index contributed by atoms with van der Waals surface area (Å²) in [5.74, 6) is -2.04. The third kappa shape index (κ3) is 2.38. The van der Waals surface area contributed by atoms with Crippen LogP contribution in [0.4, 0.5) is 14.6 Å². The molecule has 0 bridgehead atoms. The summed E-state index contributed by atoms with van der Waals surface area (Å²) in [4.78, 5) is 12.4. The van der Waals surface area contributed by atoms with Gasteiger partial charge >= 0.3 is 0 Å². The van der Waals surface area contributed by atoms with E-state index in [0.717, 1.165) is 6.07 Å². The third-order valence-electron chi connectivity index (χ3n) is 4.82. The van der Waals surface area contributed by atoms with Crippen LogP contribution in [0.15, 0.2) is 36.7 Å². The Bertz CT molecular complexity index is 1250. The van der Waals surface area contributed by atoms with Gasteiger partial charge in [-0.05, 0) is 30.7 Å². The highest BCUT2D eigenvalue weighted by Crippen LogP contribution is 2.41. The van der Waals surface area contributed by atoms with Crippen molar-refractivity contribution in [2.75, 3.05) is 5.32 Å². The highest BCUT2D eigenvalue weighted by Gasteiger charge is 2.34. The molecule has 1 N–H and O–H groups in total. The van der Waals surface area contributed by atoms with Gasteiger partial charge in [-0.2, -0.15) is 14.3 Å². The molecule has 28 heavy (non-hydrogen) atoms. The lowest BCUT2D eigenvalue weighted by Crippen LogP contribution is -2.25. The van der Waals surface area contributed by atoms with Gasteiger partial charge in [-0.1, -0.05) is 12.1 Å². The molecule has 1 atom stereocenters. The number of hydrogen-bond acceptors (Lipinski definition) is 5.